The quantitative estimate of drug-likeness (QED) is 0.186. The van der Waals surface area contributed by atoms with Gasteiger partial charge in [-0.1, -0.05) is 59.6 Å². The molecule has 2 aromatic carbocycles. The number of fused-ring (bicyclic) bond motifs is 1. The molecule has 47 heavy (non-hydrogen) atoms. The van der Waals surface area contributed by atoms with Gasteiger partial charge >= 0.3 is 0 Å². The molecular formula is C36H37Cl2N5O4. The number of aromatic nitrogens is 3. The SMILES string of the molecule is COc1nc(-c2cccc(-c3cccc(-c4cc5c(c(OC)n4)[C@H](N4CC(C(C)=O)C4)CC5)c3Cl)c2Cl)cnc1CN1CC(OC)C1. The van der Waals surface area contributed by atoms with Crippen molar-refractivity contribution >= 4 is 29.0 Å². The van der Waals surface area contributed by atoms with E-state index < -0.39 is 0 Å². The van der Waals surface area contributed by atoms with Crippen molar-refractivity contribution in [3.8, 4) is 45.4 Å². The summed E-state index contributed by atoms with van der Waals surface area (Å²) in [6, 6.07) is 14.0. The molecule has 11 heteroatoms. The highest BCUT2D eigenvalue weighted by atomic mass is 35.5. The molecule has 0 radical (unpaired) electrons. The summed E-state index contributed by atoms with van der Waals surface area (Å²) in [5.74, 6) is 1.45. The molecule has 9 nitrogen and oxygen atoms in total. The molecule has 4 aromatic rings. The first-order valence-corrected chi connectivity index (χ1v) is 16.6. The molecule has 0 saturated carbocycles. The van der Waals surface area contributed by atoms with E-state index >= 15 is 0 Å². The van der Waals surface area contributed by atoms with E-state index in [4.69, 9.17) is 52.4 Å². The molecular weight excluding hydrogens is 637 g/mol. The van der Waals surface area contributed by atoms with Crippen LogP contribution in [0.1, 0.15) is 36.2 Å². The first kappa shape index (κ1) is 32.0. The van der Waals surface area contributed by atoms with Gasteiger partial charge in [-0.25, -0.2) is 9.97 Å². The zero-order valence-corrected chi connectivity index (χ0v) is 28.4. The van der Waals surface area contributed by atoms with Gasteiger partial charge in [-0.3, -0.25) is 19.6 Å². The molecule has 1 atom stereocenters. The zero-order chi connectivity index (χ0) is 32.8. The van der Waals surface area contributed by atoms with Gasteiger partial charge in [-0.2, -0.15) is 0 Å². The monoisotopic (exact) mass is 673 g/mol. The molecule has 2 saturated heterocycles. The molecule has 0 N–H and O–H groups in total. The molecule has 2 aromatic heterocycles. The lowest BCUT2D eigenvalue weighted by Crippen LogP contribution is -2.51. The second-order valence-electron chi connectivity index (χ2n) is 12.5. The van der Waals surface area contributed by atoms with Gasteiger partial charge in [0, 0.05) is 79.6 Å². The number of rotatable bonds is 10. The molecule has 0 spiro atoms. The van der Waals surface area contributed by atoms with Gasteiger partial charge in [-0.15, -0.1) is 0 Å². The van der Waals surface area contributed by atoms with Crippen LogP contribution in [0.3, 0.4) is 0 Å². The number of carbonyl (C=O) groups is 1. The van der Waals surface area contributed by atoms with Gasteiger partial charge < -0.3 is 14.2 Å². The van der Waals surface area contributed by atoms with E-state index in [1.807, 2.05) is 36.4 Å². The number of aryl methyl sites for hydroxylation is 1. The van der Waals surface area contributed by atoms with Crippen LogP contribution in [0.2, 0.25) is 10.0 Å². The first-order valence-electron chi connectivity index (χ1n) is 15.8. The maximum absolute atomic E-state index is 11.8. The average molecular weight is 675 g/mol. The van der Waals surface area contributed by atoms with Crippen LogP contribution in [0.25, 0.3) is 33.6 Å². The van der Waals surface area contributed by atoms with E-state index in [-0.39, 0.29) is 23.8 Å². The van der Waals surface area contributed by atoms with Crippen molar-refractivity contribution in [3.05, 3.63) is 75.5 Å². The topological polar surface area (TPSA) is 89.9 Å². The van der Waals surface area contributed by atoms with Crippen LogP contribution in [0, 0.1) is 5.92 Å². The second kappa shape index (κ2) is 13.1. The van der Waals surface area contributed by atoms with Crippen molar-refractivity contribution in [3.63, 3.8) is 0 Å². The molecule has 244 valence electrons. The van der Waals surface area contributed by atoms with Crippen molar-refractivity contribution in [2.75, 3.05) is 47.5 Å². The lowest BCUT2D eigenvalue weighted by atomic mass is 9.92. The van der Waals surface area contributed by atoms with Crippen LogP contribution in [-0.2, 0) is 22.5 Å². The summed E-state index contributed by atoms with van der Waals surface area (Å²) in [5, 5.41) is 1.06. The number of likely N-dealkylation sites (tertiary alicyclic amines) is 2. The second-order valence-corrected chi connectivity index (χ2v) is 13.3. The van der Waals surface area contributed by atoms with Crippen LogP contribution < -0.4 is 9.47 Å². The number of nitrogens with zero attached hydrogens (tertiary/aromatic N) is 5. The van der Waals surface area contributed by atoms with Crippen LogP contribution in [-0.4, -0.2) is 84.1 Å². The van der Waals surface area contributed by atoms with Crippen molar-refractivity contribution in [1.82, 2.24) is 24.8 Å². The number of hydrogen-bond acceptors (Lipinski definition) is 9. The third kappa shape index (κ3) is 5.89. The minimum Gasteiger partial charge on any atom is -0.481 e. The minimum absolute atomic E-state index is 0.123. The van der Waals surface area contributed by atoms with E-state index in [1.54, 1.807) is 34.4 Å². The summed E-state index contributed by atoms with van der Waals surface area (Å²) in [5.41, 5.74) is 7.53. The van der Waals surface area contributed by atoms with E-state index in [0.717, 1.165) is 78.2 Å². The average Bonchev–Trinajstić information content (AvgIpc) is 3.45. The van der Waals surface area contributed by atoms with Crippen LogP contribution in [0.4, 0.5) is 0 Å². The molecule has 0 bridgehead atoms. The largest absolute Gasteiger partial charge is 0.481 e. The number of pyridine rings is 1. The highest BCUT2D eigenvalue weighted by Gasteiger charge is 2.40. The fourth-order valence-electron chi connectivity index (χ4n) is 6.95. The van der Waals surface area contributed by atoms with E-state index in [1.165, 1.54) is 5.56 Å². The van der Waals surface area contributed by atoms with Crippen molar-refractivity contribution in [1.29, 1.82) is 0 Å². The van der Waals surface area contributed by atoms with Crippen molar-refractivity contribution in [2.45, 2.75) is 38.5 Å². The lowest BCUT2D eigenvalue weighted by molar-refractivity contribution is -0.127. The number of benzene rings is 2. The number of Topliss-reactive ketones (excluding diaryl/α,β-unsaturated/α-hetero) is 1. The molecule has 1 aliphatic carbocycles. The molecule has 0 unspecified atom stereocenters. The fraction of sp³-hybridized carbons (Fsp3) is 0.389. The van der Waals surface area contributed by atoms with Crippen LogP contribution in [0.15, 0.2) is 48.7 Å². The Bertz CT molecular complexity index is 1840. The Labute approximate surface area is 284 Å². The minimum atomic E-state index is 0.123. The number of ether oxygens (including phenoxy) is 3. The van der Waals surface area contributed by atoms with Crippen LogP contribution in [0.5, 0.6) is 11.8 Å². The first-order chi connectivity index (χ1) is 22.8. The summed E-state index contributed by atoms with van der Waals surface area (Å²) < 4.78 is 16.9. The number of carbonyl (C=O) groups excluding carboxylic acids is 1. The Morgan fingerprint density at radius 3 is 2.11 bits per heavy atom. The zero-order valence-electron chi connectivity index (χ0n) is 26.9. The van der Waals surface area contributed by atoms with Crippen molar-refractivity contribution in [2.24, 2.45) is 5.92 Å². The summed E-state index contributed by atoms with van der Waals surface area (Å²) >= 11 is 14.3. The smallest absolute Gasteiger partial charge is 0.237 e. The normalized spacial score (nSPS) is 18.5. The Morgan fingerprint density at radius 2 is 1.49 bits per heavy atom. The third-order valence-electron chi connectivity index (χ3n) is 9.72. The molecule has 4 heterocycles. The van der Waals surface area contributed by atoms with Gasteiger partial charge in [0.15, 0.2) is 0 Å². The van der Waals surface area contributed by atoms with Crippen LogP contribution >= 0.6 is 23.2 Å². The maximum Gasteiger partial charge on any atom is 0.237 e. The molecule has 3 aliphatic rings. The predicted molar refractivity (Wildman–Crippen MR) is 182 cm³/mol. The van der Waals surface area contributed by atoms with E-state index in [0.29, 0.717) is 34.0 Å². The summed E-state index contributed by atoms with van der Waals surface area (Å²) in [7, 11) is 4.99. The Balaban J connectivity index is 1.18. The molecule has 2 aliphatic heterocycles. The Hall–Kier alpha value is -3.60. The molecule has 0 amide bonds. The van der Waals surface area contributed by atoms with Gasteiger partial charge in [0.2, 0.25) is 11.8 Å². The van der Waals surface area contributed by atoms with Gasteiger partial charge in [0.25, 0.3) is 0 Å². The Kier molecular flexibility index (Phi) is 8.93. The van der Waals surface area contributed by atoms with E-state index in [2.05, 4.69) is 15.9 Å². The van der Waals surface area contributed by atoms with E-state index in [9.17, 15) is 4.79 Å². The standard InChI is InChI=1S/C36H37Cl2N5O4/c1-20(44)22-15-43(16-22)31-12-11-21-13-28(40-36(47-4)32(21)31)26-9-5-7-24(33(26)37)25-8-6-10-27(34(25)38)29-14-39-30(35(41-29)46-3)19-42-17-23(18-42)45-2/h5-10,13-14,22-23,31H,11-12,15-19H2,1-4H3/t31-/m1/s1. The predicted octanol–water partition coefficient (Wildman–Crippen LogP) is 6.54. The van der Waals surface area contributed by atoms with Gasteiger partial charge in [-0.05, 0) is 31.4 Å². The number of ketones is 1. The number of hydrogen-bond donors (Lipinski definition) is 0. The summed E-state index contributed by atoms with van der Waals surface area (Å²) in [4.78, 5) is 30.9. The Morgan fingerprint density at radius 1 is 0.872 bits per heavy atom. The lowest BCUT2D eigenvalue weighted by Gasteiger charge is -2.42. The fourth-order valence-corrected chi connectivity index (χ4v) is 7.60. The maximum atomic E-state index is 11.8. The number of methoxy groups -OCH3 is 3. The summed E-state index contributed by atoms with van der Waals surface area (Å²) in [6.07, 6.45) is 3.88. The van der Waals surface area contributed by atoms with Gasteiger partial charge in [0.1, 0.15) is 11.5 Å². The molecule has 7 rings (SSSR count). The molecule has 2 fully saturated rings. The third-order valence-corrected chi connectivity index (χ3v) is 10.5. The van der Waals surface area contributed by atoms with Crippen molar-refractivity contribution < 1.29 is 19.0 Å². The summed E-state index contributed by atoms with van der Waals surface area (Å²) in [6.45, 7) is 5.59. The number of halogens is 2. The van der Waals surface area contributed by atoms with Gasteiger partial charge in [0.05, 0.1) is 48.0 Å². The highest BCUT2D eigenvalue weighted by Crippen LogP contribution is 2.47. The highest BCUT2D eigenvalue weighted by molar-refractivity contribution is 6.39.